The van der Waals surface area contributed by atoms with E-state index < -0.39 is 17.2 Å². The molecule has 108 valence electrons. The molecule has 0 unspecified atom stereocenters. The van der Waals surface area contributed by atoms with Crippen molar-refractivity contribution in [3.63, 3.8) is 0 Å². The van der Waals surface area contributed by atoms with E-state index in [0.29, 0.717) is 25.9 Å². The van der Waals surface area contributed by atoms with Gasteiger partial charge in [-0.25, -0.2) is 4.79 Å². The Bertz CT molecular complexity index is 377. The van der Waals surface area contributed by atoms with E-state index in [2.05, 4.69) is 0 Å². The first kappa shape index (κ1) is 14.1. The van der Waals surface area contributed by atoms with E-state index >= 15 is 0 Å². The number of carboxylic acid groups (broad SMARTS) is 1. The number of amides is 1. The molecule has 0 aromatic heterocycles. The van der Waals surface area contributed by atoms with E-state index in [0.717, 1.165) is 6.42 Å². The summed E-state index contributed by atoms with van der Waals surface area (Å²) in [4.78, 5) is 24.2. The molecular weight excluding hydrogens is 250 g/mol. The average Bonchev–Trinajstić information content (AvgIpc) is 2.08. The lowest BCUT2D eigenvalue weighted by atomic mass is 9.79. The molecule has 2 aliphatic rings. The SMILES string of the molecule is CC(C)(C)OC(=O)N1CC(OC2(C(=O)[O-])CCC2)C1. The van der Waals surface area contributed by atoms with E-state index in [1.54, 1.807) is 20.8 Å². The number of ether oxygens (including phenoxy) is 2. The van der Waals surface area contributed by atoms with E-state index in [1.807, 2.05) is 0 Å². The highest BCUT2D eigenvalue weighted by Crippen LogP contribution is 2.37. The number of carbonyl (C=O) groups is 2. The first-order valence-corrected chi connectivity index (χ1v) is 6.59. The largest absolute Gasteiger partial charge is 0.547 e. The molecule has 2 rings (SSSR count). The van der Waals surface area contributed by atoms with Gasteiger partial charge in [0.25, 0.3) is 0 Å². The Morgan fingerprint density at radius 1 is 1.26 bits per heavy atom. The summed E-state index contributed by atoms with van der Waals surface area (Å²) >= 11 is 0. The molecule has 0 bridgehead atoms. The highest BCUT2D eigenvalue weighted by atomic mass is 16.6. The van der Waals surface area contributed by atoms with Crippen molar-refractivity contribution >= 4 is 12.1 Å². The Labute approximate surface area is 112 Å². The highest BCUT2D eigenvalue weighted by molar-refractivity contribution is 5.76. The van der Waals surface area contributed by atoms with Gasteiger partial charge in [-0.1, -0.05) is 0 Å². The maximum absolute atomic E-state index is 11.7. The molecule has 6 nitrogen and oxygen atoms in total. The minimum atomic E-state index is -1.14. The molecule has 1 aliphatic carbocycles. The van der Waals surface area contributed by atoms with Crippen molar-refractivity contribution in [3.05, 3.63) is 0 Å². The topological polar surface area (TPSA) is 78.9 Å². The normalized spacial score (nSPS) is 22.4. The van der Waals surface area contributed by atoms with Crippen LogP contribution in [0.25, 0.3) is 0 Å². The van der Waals surface area contributed by atoms with Crippen LogP contribution in [0.15, 0.2) is 0 Å². The van der Waals surface area contributed by atoms with Crippen molar-refractivity contribution < 1.29 is 24.2 Å². The van der Waals surface area contributed by atoms with Gasteiger partial charge in [-0.05, 0) is 40.0 Å². The lowest BCUT2D eigenvalue weighted by Gasteiger charge is -2.49. The molecule has 0 aromatic rings. The number of rotatable bonds is 3. The third kappa shape index (κ3) is 3.00. The second-order valence-electron chi connectivity index (χ2n) is 6.26. The number of hydrogen-bond acceptors (Lipinski definition) is 5. The zero-order valence-electron chi connectivity index (χ0n) is 11.6. The summed E-state index contributed by atoms with van der Waals surface area (Å²) in [6.07, 6.45) is 1.22. The average molecular weight is 270 g/mol. The molecule has 0 N–H and O–H groups in total. The van der Waals surface area contributed by atoms with Gasteiger partial charge < -0.3 is 24.3 Å². The summed E-state index contributed by atoms with van der Waals surface area (Å²) in [5, 5.41) is 11.0. The molecule has 1 saturated heterocycles. The third-order valence-electron chi connectivity index (χ3n) is 3.43. The van der Waals surface area contributed by atoms with Crippen LogP contribution < -0.4 is 5.11 Å². The van der Waals surface area contributed by atoms with Crippen LogP contribution in [0.5, 0.6) is 0 Å². The molecule has 0 spiro atoms. The first-order valence-electron chi connectivity index (χ1n) is 6.59. The van der Waals surface area contributed by atoms with Gasteiger partial charge in [0, 0.05) is 0 Å². The van der Waals surface area contributed by atoms with Crippen molar-refractivity contribution in [2.45, 2.75) is 57.3 Å². The Kier molecular flexibility index (Phi) is 3.47. The second kappa shape index (κ2) is 4.67. The molecule has 0 radical (unpaired) electrons. The minimum Gasteiger partial charge on any atom is -0.547 e. The van der Waals surface area contributed by atoms with Crippen LogP contribution in [0.4, 0.5) is 4.79 Å². The molecule has 1 aliphatic heterocycles. The molecule has 2 fully saturated rings. The molecule has 6 heteroatoms. The molecule has 19 heavy (non-hydrogen) atoms. The van der Waals surface area contributed by atoms with Crippen LogP contribution in [0.3, 0.4) is 0 Å². The van der Waals surface area contributed by atoms with Gasteiger partial charge in [0.2, 0.25) is 0 Å². The fourth-order valence-corrected chi connectivity index (χ4v) is 2.18. The lowest BCUT2D eigenvalue weighted by molar-refractivity contribution is -0.339. The maximum atomic E-state index is 11.7. The van der Waals surface area contributed by atoms with Gasteiger partial charge in [0.15, 0.2) is 0 Å². The molecule has 1 amide bonds. The Balaban J connectivity index is 1.77. The van der Waals surface area contributed by atoms with Crippen LogP contribution in [0.2, 0.25) is 0 Å². The molecule has 0 atom stereocenters. The molecule has 1 saturated carbocycles. The fraction of sp³-hybridized carbons (Fsp3) is 0.846. The minimum absolute atomic E-state index is 0.231. The van der Waals surface area contributed by atoms with E-state index in [1.165, 1.54) is 4.90 Å². The van der Waals surface area contributed by atoms with Crippen molar-refractivity contribution in [2.24, 2.45) is 0 Å². The summed E-state index contributed by atoms with van der Waals surface area (Å²) in [6, 6.07) is 0. The van der Waals surface area contributed by atoms with Gasteiger partial charge in [0.05, 0.1) is 25.2 Å². The lowest BCUT2D eigenvalue weighted by Crippen LogP contribution is -2.63. The smallest absolute Gasteiger partial charge is 0.410 e. The summed E-state index contributed by atoms with van der Waals surface area (Å²) in [7, 11) is 0. The van der Waals surface area contributed by atoms with Gasteiger partial charge in [-0.15, -0.1) is 0 Å². The fourth-order valence-electron chi connectivity index (χ4n) is 2.18. The Hall–Kier alpha value is -1.30. The van der Waals surface area contributed by atoms with Crippen molar-refractivity contribution in [2.75, 3.05) is 13.1 Å². The molecular formula is C13H20NO5-. The van der Waals surface area contributed by atoms with Crippen molar-refractivity contribution in [3.8, 4) is 0 Å². The predicted molar refractivity (Wildman–Crippen MR) is 64.3 cm³/mol. The monoisotopic (exact) mass is 270 g/mol. The number of nitrogens with zero attached hydrogens (tertiary/aromatic N) is 1. The zero-order valence-corrected chi connectivity index (χ0v) is 11.6. The standard InChI is InChI=1S/C13H21NO5/c1-12(2,3)19-11(17)14-7-9(8-14)18-13(10(15)16)5-4-6-13/h9H,4-8H2,1-3H3,(H,15,16)/p-1. The summed E-state index contributed by atoms with van der Waals surface area (Å²) in [6.45, 7) is 6.17. The van der Waals surface area contributed by atoms with Crippen LogP contribution in [-0.4, -0.2) is 47.4 Å². The predicted octanol–water partition coefficient (Wildman–Crippen LogP) is 0.295. The van der Waals surface area contributed by atoms with Crippen LogP contribution >= 0.6 is 0 Å². The van der Waals surface area contributed by atoms with Gasteiger partial charge >= 0.3 is 6.09 Å². The van der Waals surface area contributed by atoms with Gasteiger partial charge in [-0.2, -0.15) is 0 Å². The van der Waals surface area contributed by atoms with Crippen LogP contribution in [0, 0.1) is 0 Å². The van der Waals surface area contributed by atoms with Gasteiger partial charge in [-0.3, -0.25) is 0 Å². The number of likely N-dealkylation sites (tertiary alicyclic amines) is 1. The number of hydrogen-bond donors (Lipinski definition) is 0. The summed E-state index contributed by atoms with van der Waals surface area (Å²) < 4.78 is 10.8. The van der Waals surface area contributed by atoms with Crippen LogP contribution in [0.1, 0.15) is 40.0 Å². The summed E-state index contributed by atoms with van der Waals surface area (Å²) in [5.41, 5.74) is -1.64. The third-order valence-corrected chi connectivity index (χ3v) is 3.43. The van der Waals surface area contributed by atoms with Crippen molar-refractivity contribution in [1.29, 1.82) is 0 Å². The Morgan fingerprint density at radius 2 is 1.84 bits per heavy atom. The highest BCUT2D eigenvalue weighted by Gasteiger charge is 2.45. The van der Waals surface area contributed by atoms with E-state index in [4.69, 9.17) is 9.47 Å². The molecule has 0 aromatic carbocycles. The second-order valence-corrected chi connectivity index (χ2v) is 6.26. The first-order chi connectivity index (χ1) is 8.72. The number of carbonyl (C=O) groups excluding carboxylic acids is 2. The zero-order chi connectivity index (χ0) is 14.3. The maximum Gasteiger partial charge on any atom is 0.410 e. The quantitative estimate of drug-likeness (QED) is 0.736. The van der Waals surface area contributed by atoms with E-state index in [9.17, 15) is 14.7 Å². The number of carboxylic acids is 1. The van der Waals surface area contributed by atoms with E-state index in [-0.39, 0.29) is 12.2 Å². The molecule has 1 heterocycles. The van der Waals surface area contributed by atoms with Crippen LogP contribution in [-0.2, 0) is 14.3 Å². The van der Waals surface area contributed by atoms with Gasteiger partial charge in [0.1, 0.15) is 11.2 Å². The number of aliphatic carboxylic acids is 1. The Morgan fingerprint density at radius 3 is 2.21 bits per heavy atom. The summed E-state index contributed by atoms with van der Waals surface area (Å²) in [5.74, 6) is -1.14. The van der Waals surface area contributed by atoms with Crippen molar-refractivity contribution in [1.82, 2.24) is 4.90 Å².